The third kappa shape index (κ3) is 3.46. The molecule has 0 bridgehead atoms. The van der Waals surface area contributed by atoms with E-state index in [1.807, 2.05) is 0 Å². The number of ether oxygens (including phenoxy) is 1. The molecule has 0 radical (unpaired) electrons. The van der Waals surface area contributed by atoms with Gasteiger partial charge >= 0.3 is 0 Å². The summed E-state index contributed by atoms with van der Waals surface area (Å²) in [6.45, 7) is 5.22. The lowest BCUT2D eigenvalue weighted by atomic mass is 9.95. The zero-order valence-electron chi connectivity index (χ0n) is 10.4. The molecule has 4 nitrogen and oxygen atoms in total. The van der Waals surface area contributed by atoms with Gasteiger partial charge in [0.15, 0.2) is 0 Å². The van der Waals surface area contributed by atoms with Crippen LogP contribution in [0.1, 0.15) is 39.5 Å². The van der Waals surface area contributed by atoms with Crippen molar-refractivity contribution in [2.24, 2.45) is 23.3 Å². The van der Waals surface area contributed by atoms with E-state index in [-0.39, 0.29) is 12.5 Å². The van der Waals surface area contributed by atoms with Gasteiger partial charge in [-0.05, 0) is 31.1 Å². The molecule has 1 aliphatic carbocycles. The number of carbonyl (C=O) groups excluding carboxylic acids is 1. The molecule has 0 aromatic carbocycles. The molecule has 0 aromatic rings. The van der Waals surface area contributed by atoms with Crippen molar-refractivity contribution in [2.75, 3.05) is 13.2 Å². The van der Waals surface area contributed by atoms with Gasteiger partial charge in [-0.15, -0.1) is 0 Å². The number of carbonyl (C=O) groups is 1. The first kappa shape index (κ1) is 13.5. The van der Waals surface area contributed by atoms with Crippen LogP contribution in [0.4, 0.5) is 0 Å². The Morgan fingerprint density at radius 1 is 1.56 bits per heavy atom. The Labute approximate surface area is 97.7 Å². The SMILES string of the molecule is CCCC(C)COCC(N)(C(N)=O)C1CC1. The first-order chi connectivity index (χ1) is 7.50. The molecular weight excluding hydrogens is 204 g/mol. The summed E-state index contributed by atoms with van der Waals surface area (Å²) in [6.07, 6.45) is 4.27. The summed E-state index contributed by atoms with van der Waals surface area (Å²) in [5, 5.41) is 0. The smallest absolute Gasteiger partial charge is 0.240 e. The van der Waals surface area contributed by atoms with Crippen molar-refractivity contribution >= 4 is 5.91 Å². The molecule has 0 heterocycles. The highest BCUT2D eigenvalue weighted by Crippen LogP contribution is 2.38. The van der Waals surface area contributed by atoms with Gasteiger partial charge in [0.2, 0.25) is 5.91 Å². The molecule has 16 heavy (non-hydrogen) atoms. The molecule has 2 atom stereocenters. The quantitative estimate of drug-likeness (QED) is 0.651. The zero-order chi connectivity index (χ0) is 12.2. The largest absolute Gasteiger partial charge is 0.379 e. The van der Waals surface area contributed by atoms with Gasteiger partial charge in [0.25, 0.3) is 0 Å². The summed E-state index contributed by atoms with van der Waals surface area (Å²) in [6, 6.07) is 0. The molecule has 1 saturated carbocycles. The van der Waals surface area contributed by atoms with E-state index in [2.05, 4.69) is 13.8 Å². The van der Waals surface area contributed by atoms with Crippen LogP contribution in [0.25, 0.3) is 0 Å². The number of nitrogens with two attached hydrogens (primary N) is 2. The van der Waals surface area contributed by atoms with Crippen LogP contribution in [-0.2, 0) is 9.53 Å². The normalized spacial score (nSPS) is 21.4. The second kappa shape index (κ2) is 5.64. The zero-order valence-corrected chi connectivity index (χ0v) is 10.4. The van der Waals surface area contributed by atoms with Crippen LogP contribution in [0.15, 0.2) is 0 Å². The summed E-state index contributed by atoms with van der Waals surface area (Å²) >= 11 is 0. The molecule has 4 heteroatoms. The van der Waals surface area contributed by atoms with Crippen LogP contribution in [0.2, 0.25) is 0 Å². The fourth-order valence-corrected chi connectivity index (χ4v) is 1.99. The second-order valence-corrected chi connectivity index (χ2v) is 5.09. The summed E-state index contributed by atoms with van der Waals surface area (Å²) in [4.78, 5) is 11.3. The Kier molecular flexibility index (Phi) is 4.74. The minimum absolute atomic E-state index is 0.228. The van der Waals surface area contributed by atoms with Gasteiger partial charge in [-0.2, -0.15) is 0 Å². The topological polar surface area (TPSA) is 78.3 Å². The Morgan fingerprint density at radius 2 is 2.19 bits per heavy atom. The fraction of sp³-hybridized carbons (Fsp3) is 0.917. The molecule has 1 aliphatic rings. The number of hydrogen-bond acceptors (Lipinski definition) is 3. The molecule has 0 aromatic heterocycles. The van der Waals surface area contributed by atoms with Crippen LogP contribution < -0.4 is 11.5 Å². The summed E-state index contributed by atoms with van der Waals surface area (Å²) in [5.41, 5.74) is 10.4. The number of amides is 1. The molecular formula is C12H24N2O2. The van der Waals surface area contributed by atoms with Crippen molar-refractivity contribution in [2.45, 2.75) is 45.1 Å². The number of primary amides is 1. The third-order valence-electron chi connectivity index (χ3n) is 3.29. The Morgan fingerprint density at radius 3 is 2.62 bits per heavy atom. The molecule has 1 rings (SSSR count). The van der Waals surface area contributed by atoms with Crippen LogP contribution in [0.3, 0.4) is 0 Å². The highest BCUT2D eigenvalue weighted by atomic mass is 16.5. The first-order valence-corrected chi connectivity index (χ1v) is 6.17. The predicted octanol–water partition coefficient (Wildman–Crippen LogP) is 1.03. The van der Waals surface area contributed by atoms with Crippen LogP contribution in [-0.4, -0.2) is 24.7 Å². The molecule has 0 aliphatic heterocycles. The van der Waals surface area contributed by atoms with Crippen molar-refractivity contribution in [3.63, 3.8) is 0 Å². The molecule has 2 unspecified atom stereocenters. The molecule has 94 valence electrons. The summed E-state index contributed by atoms with van der Waals surface area (Å²) in [7, 11) is 0. The highest BCUT2D eigenvalue weighted by Gasteiger charge is 2.47. The molecule has 1 amide bonds. The Hall–Kier alpha value is -0.610. The van der Waals surface area contributed by atoms with Gasteiger partial charge < -0.3 is 16.2 Å². The summed E-state index contributed by atoms with van der Waals surface area (Å²) < 4.78 is 5.55. The average molecular weight is 228 g/mol. The Bertz CT molecular complexity index is 241. The minimum Gasteiger partial charge on any atom is -0.379 e. The van der Waals surface area contributed by atoms with E-state index < -0.39 is 11.4 Å². The maximum Gasteiger partial charge on any atom is 0.240 e. The maximum atomic E-state index is 11.3. The average Bonchev–Trinajstić information content (AvgIpc) is 3.00. The molecule has 4 N–H and O–H groups in total. The van der Waals surface area contributed by atoms with E-state index in [9.17, 15) is 4.79 Å². The van der Waals surface area contributed by atoms with Gasteiger partial charge in [0.05, 0.1) is 6.61 Å². The van der Waals surface area contributed by atoms with Crippen molar-refractivity contribution in [1.82, 2.24) is 0 Å². The van der Waals surface area contributed by atoms with E-state index in [0.29, 0.717) is 12.5 Å². The second-order valence-electron chi connectivity index (χ2n) is 5.09. The lowest BCUT2D eigenvalue weighted by Crippen LogP contribution is -2.57. The van der Waals surface area contributed by atoms with Gasteiger partial charge in [-0.25, -0.2) is 0 Å². The van der Waals surface area contributed by atoms with Gasteiger partial charge in [0.1, 0.15) is 5.54 Å². The Balaban J connectivity index is 2.31. The highest BCUT2D eigenvalue weighted by molar-refractivity contribution is 5.85. The first-order valence-electron chi connectivity index (χ1n) is 6.17. The van der Waals surface area contributed by atoms with Crippen molar-refractivity contribution in [1.29, 1.82) is 0 Å². The standard InChI is InChI=1S/C12H24N2O2/c1-3-4-9(2)7-16-8-12(14,11(13)15)10-5-6-10/h9-10H,3-8,14H2,1-2H3,(H2,13,15). The molecule has 1 fully saturated rings. The van der Waals surface area contributed by atoms with E-state index in [1.54, 1.807) is 0 Å². The maximum absolute atomic E-state index is 11.3. The van der Waals surface area contributed by atoms with Crippen LogP contribution >= 0.6 is 0 Å². The van der Waals surface area contributed by atoms with E-state index in [1.165, 1.54) is 0 Å². The third-order valence-corrected chi connectivity index (χ3v) is 3.29. The van der Waals surface area contributed by atoms with Crippen molar-refractivity contribution in [3.8, 4) is 0 Å². The predicted molar refractivity (Wildman–Crippen MR) is 63.7 cm³/mol. The minimum atomic E-state index is -0.939. The fourth-order valence-electron chi connectivity index (χ4n) is 1.99. The van der Waals surface area contributed by atoms with Gasteiger partial charge in [-0.3, -0.25) is 4.79 Å². The van der Waals surface area contributed by atoms with Crippen LogP contribution in [0, 0.1) is 11.8 Å². The van der Waals surface area contributed by atoms with Gasteiger partial charge in [-0.1, -0.05) is 20.3 Å². The summed E-state index contributed by atoms with van der Waals surface area (Å²) in [5.74, 6) is 0.311. The lowest BCUT2D eigenvalue weighted by Gasteiger charge is -2.26. The van der Waals surface area contributed by atoms with E-state index in [0.717, 1.165) is 25.7 Å². The van der Waals surface area contributed by atoms with Crippen LogP contribution in [0.5, 0.6) is 0 Å². The van der Waals surface area contributed by atoms with Crippen molar-refractivity contribution < 1.29 is 9.53 Å². The monoisotopic (exact) mass is 228 g/mol. The van der Waals surface area contributed by atoms with Gasteiger partial charge in [0, 0.05) is 6.61 Å². The number of rotatable bonds is 8. The number of hydrogen-bond donors (Lipinski definition) is 2. The lowest BCUT2D eigenvalue weighted by molar-refractivity contribution is -0.126. The molecule has 0 spiro atoms. The van der Waals surface area contributed by atoms with E-state index in [4.69, 9.17) is 16.2 Å². The molecule has 0 saturated heterocycles. The van der Waals surface area contributed by atoms with E-state index >= 15 is 0 Å². The van der Waals surface area contributed by atoms with Crippen molar-refractivity contribution in [3.05, 3.63) is 0 Å².